The molecule has 0 atom stereocenters. The number of aromatic nitrogens is 1. The molecule has 0 aliphatic carbocycles. The molecule has 0 N–H and O–H groups in total. The Bertz CT molecular complexity index is 171. The Morgan fingerprint density at radius 2 is 2.50 bits per heavy atom. The van der Waals surface area contributed by atoms with Gasteiger partial charge in [-0.1, -0.05) is 0 Å². The Balaban J connectivity index is 2.84. The van der Waals surface area contributed by atoms with Crippen LogP contribution >= 0.6 is 0 Å². The second-order valence-electron chi connectivity index (χ2n) is 1.48. The van der Waals surface area contributed by atoms with Crippen molar-refractivity contribution in [2.45, 2.75) is 6.92 Å². The SMILES string of the molecule is COc1cc(C)on1. The summed E-state index contributed by atoms with van der Waals surface area (Å²) in [5.74, 6) is 1.30. The van der Waals surface area contributed by atoms with Crippen LogP contribution in [0.25, 0.3) is 0 Å². The molecule has 1 heterocycles. The molecule has 0 aliphatic rings. The van der Waals surface area contributed by atoms with Crippen LogP contribution < -0.4 is 4.74 Å². The highest BCUT2D eigenvalue weighted by atomic mass is 16.5. The van der Waals surface area contributed by atoms with Crippen molar-refractivity contribution in [3.05, 3.63) is 11.8 Å². The topological polar surface area (TPSA) is 35.3 Å². The summed E-state index contributed by atoms with van der Waals surface area (Å²) in [7, 11) is 1.55. The van der Waals surface area contributed by atoms with Gasteiger partial charge in [0, 0.05) is 6.07 Å². The van der Waals surface area contributed by atoms with Crippen LogP contribution in [-0.4, -0.2) is 12.3 Å². The van der Waals surface area contributed by atoms with Crippen molar-refractivity contribution in [2.75, 3.05) is 7.11 Å². The fourth-order valence-corrected chi connectivity index (χ4v) is 0.440. The van der Waals surface area contributed by atoms with Gasteiger partial charge >= 0.3 is 0 Å². The predicted octanol–water partition coefficient (Wildman–Crippen LogP) is 0.992. The van der Waals surface area contributed by atoms with Gasteiger partial charge in [-0.25, -0.2) is 0 Å². The van der Waals surface area contributed by atoms with E-state index in [1.807, 2.05) is 6.92 Å². The summed E-state index contributed by atoms with van der Waals surface area (Å²) >= 11 is 0. The second kappa shape index (κ2) is 1.86. The molecule has 0 saturated heterocycles. The monoisotopic (exact) mass is 113 g/mol. The normalized spacial score (nSPS) is 9.25. The van der Waals surface area contributed by atoms with E-state index in [0.29, 0.717) is 5.88 Å². The Hall–Kier alpha value is -0.990. The lowest BCUT2D eigenvalue weighted by Crippen LogP contribution is -1.78. The Morgan fingerprint density at radius 1 is 1.75 bits per heavy atom. The molecule has 0 saturated carbocycles. The minimum absolute atomic E-state index is 0.530. The average Bonchev–Trinajstić information content (AvgIpc) is 2.14. The highest BCUT2D eigenvalue weighted by Crippen LogP contribution is 2.07. The zero-order valence-electron chi connectivity index (χ0n) is 4.84. The summed E-state index contributed by atoms with van der Waals surface area (Å²) in [5.41, 5.74) is 0. The fourth-order valence-electron chi connectivity index (χ4n) is 0.440. The third kappa shape index (κ3) is 0.804. The molecule has 3 heteroatoms. The van der Waals surface area contributed by atoms with E-state index < -0.39 is 0 Å². The van der Waals surface area contributed by atoms with Gasteiger partial charge in [0.25, 0.3) is 5.88 Å². The van der Waals surface area contributed by atoms with E-state index in [0.717, 1.165) is 5.76 Å². The van der Waals surface area contributed by atoms with Crippen molar-refractivity contribution in [3.8, 4) is 5.88 Å². The lowest BCUT2D eigenvalue weighted by atomic mass is 10.5. The largest absolute Gasteiger partial charge is 0.479 e. The van der Waals surface area contributed by atoms with E-state index in [4.69, 9.17) is 4.74 Å². The highest BCUT2D eigenvalue weighted by Gasteiger charge is 1.94. The molecule has 0 fully saturated rings. The van der Waals surface area contributed by atoms with Gasteiger partial charge in [0.1, 0.15) is 5.76 Å². The molecule has 0 bridgehead atoms. The number of aryl methyl sites for hydroxylation is 1. The third-order valence-electron chi connectivity index (χ3n) is 0.815. The van der Waals surface area contributed by atoms with Gasteiger partial charge in [-0.05, 0) is 12.1 Å². The number of hydrogen-bond acceptors (Lipinski definition) is 3. The first-order chi connectivity index (χ1) is 3.83. The van der Waals surface area contributed by atoms with Gasteiger partial charge in [-0.15, -0.1) is 0 Å². The Labute approximate surface area is 47.2 Å². The van der Waals surface area contributed by atoms with E-state index >= 15 is 0 Å². The van der Waals surface area contributed by atoms with Crippen LogP contribution in [0.4, 0.5) is 0 Å². The van der Waals surface area contributed by atoms with Gasteiger partial charge in [0.05, 0.1) is 7.11 Å². The Kier molecular flexibility index (Phi) is 1.20. The average molecular weight is 113 g/mol. The van der Waals surface area contributed by atoms with Gasteiger partial charge < -0.3 is 9.26 Å². The third-order valence-corrected chi connectivity index (χ3v) is 0.815. The first kappa shape index (κ1) is 5.15. The van der Waals surface area contributed by atoms with E-state index in [2.05, 4.69) is 9.68 Å². The van der Waals surface area contributed by atoms with Gasteiger partial charge in [0.2, 0.25) is 0 Å². The molecule has 0 radical (unpaired) electrons. The smallest absolute Gasteiger partial charge is 0.254 e. The molecule has 0 spiro atoms. The van der Waals surface area contributed by atoms with Gasteiger partial charge in [-0.3, -0.25) is 0 Å². The number of nitrogens with zero attached hydrogens (tertiary/aromatic N) is 1. The lowest BCUT2D eigenvalue weighted by molar-refractivity contribution is 0.331. The zero-order chi connectivity index (χ0) is 5.98. The summed E-state index contributed by atoms with van der Waals surface area (Å²) in [5, 5.41) is 3.54. The van der Waals surface area contributed by atoms with Crippen LogP contribution in [-0.2, 0) is 0 Å². The summed E-state index contributed by atoms with van der Waals surface area (Å²) < 4.78 is 9.41. The Morgan fingerprint density at radius 3 is 2.75 bits per heavy atom. The molecular formula is C5H7NO2. The maximum atomic E-state index is 4.73. The molecule has 1 aromatic rings. The summed E-state index contributed by atoms with van der Waals surface area (Å²) in [6, 6.07) is 1.72. The maximum absolute atomic E-state index is 4.73. The zero-order valence-corrected chi connectivity index (χ0v) is 4.84. The standard InChI is InChI=1S/C5H7NO2/c1-4-3-5(7-2)6-8-4/h3H,1-2H3. The molecule has 1 aromatic heterocycles. The van der Waals surface area contributed by atoms with Crippen molar-refractivity contribution in [2.24, 2.45) is 0 Å². The minimum atomic E-state index is 0.530. The number of rotatable bonds is 1. The predicted molar refractivity (Wildman–Crippen MR) is 27.8 cm³/mol. The van der Waals surface area contributed by atoms with Gasteiger partial charge in [-0.2, -0.15) is 0 Å². The van der Waals surface area contributed by atoms with Crippen LogP contribution in [0.15, 0.2) is 10.6 Å². The number of hydrogen-bond donors (Lipinski definition) is 0. The molecule has 3 nitrogen and oxygen atoms in total. The lowest BCUT2D eigenvalue weighted by Gasteiger charge is -1.83. The van der Waals surface area contributed by atoms with E-state index in [-0.39, 0.29) is 0 Å². The molecule has 1 rings (SSSR count). The van der Waals surface area contributed by atoms with Crippen molar-refractivity contribution in [1.82, 2.24) is 5.16 Å². The molecule has 0 amide bonds. The molecule has 0 unspecified atom stereocenters. The molecular weight excluding hydrogens is 106 g/mol. The van der Waals surface area contributed by atoms with Crippen LogP contribution in [0.1, 0.15) is 5.76 Å². The first-order valence-corrected chi connectivity index (χ1v) is 2.30. The molecule has 8 heavy (non-hydrogen) atoms. The maximum Gasteiger partial charge on any atom is 0.254 e. The number of methoxy groups -OCH3 is 1. The van der Waals surface area contributed by atoms with Crippen molar-refractivity contribution in [3.63, 3.8) is 0 Å². The van der Waals surface area contributed by atoms with E-state index in [1.54, 1.807) is 13.2 Å². The minimum Gasteiger partial charge on any atom is -0.479 e. The van der Waals surface area contributed by atoms with Crippen LogP contribution in [0.3, 0.4) is 0 Å². The summed E-state index contributed by atoms with van der Waals surface area (Å²) in [4.78, 5) is 0. The van der Waals surface area contributed by atoms with E-state index in [9.17, 15) is 0 Å². The highest BCUT2D eigenvalue weighted by molar-refractivity contribution is 5.08. The van der Waals surface area contributed by atoms with Crippen LogP contribution in [0, 0.1) is 6.92 Å². The van der Waals surface area contributed by atoms with Crippen molar-refractivity contribution in [1.29, 1.82) is 0 Å². The van der Waals surface area contributed by atoms with Crippen molar-refractivity contribution >= 4 is 0 Å². The summed E-state index contributed by atoms with van der Waals surface area (Å²) in [6.07, 6.45) is 0. The summed E-state index contributed by atoms with van der Waals surface area (Å²) in [6.45, 7) is 1.82. The van der Waals surface area contributed by atoms with Crippen molar-refractivity contribution < 1.29 is 9.26 Å². The first-order valence-electron chi connectivity index (χ1n) is 2.30. The number of ether oxygens (including phenoxy) is 1. The second-order valence-corrected chi connectivity index (χ2v) is 1.48. The van der Waals surface area contributed by atoms with E-state index in [1.165, 1.54) is 0 Å². The fraction of sp³-hybridized carbons (Fsp3) is 0.400. The molecule has 44 valence electrons. The quantitative estimate of drug-likeness (QED) is 0.544. The molecule has 0 aliphatic heterocycles. The van der Waals surface area contributed by atoms with Crippen LogP contribution in [0.5, 0.6) is 5.88 Å². The molecule has 0 aromatic carbocycles. The van der Waals surface area contributed by atoms with Crippen LogP contribution in [0.2, 0.25) is 0 Å². The van der Waals surface area contributed by atoms with Gasteiger partial charge in [0.15, 0.2) is 0 Å².